The Morgan fingerprint density at radius 1 is 1.08 bits per heavy atom. The molecule has 0 fully saturated rings. The van der Waals surface area contributed by atoms with Gasteiger partial charge < -0.3 is 9.63 Å². The maximum Gasteiger partial charge on any atom is 0.336 e. The zero-order valence-corrected chi connectivity index (χ0v) is 14.3. The average molecular weight is 340 g/mol. The number of aromatic nitrogens is 2. The van der Waals surface area contributed by atoms with E-state index in [0.717, 1.165) is 5.56 Å². The van der Waals surface area contributed by atoms with E-state index in [0.29, 0.717) is 22.3 Å². The van der Waals surface area contributed by atoms with Gasteiger partial charge in [-0.3, -0.25) is 0 Å². The molecule has 0 unspecified atom stereocenters. The monoisotopic (exact) mass is 340 g/mol. The zero-order valence-electron chi connectivity index (χ0n) is 14.3. The fourth-order valence-corrected chi connectivity index (χ4v) is 2.85. The molecule has 0 atom stereocenters. The van der Waals surface area contributed by atoms with Crippen molar-refractivity contribution in [1.82, 2.24) is 10.1 Å². The van der Waals surface area contributed by atoms with E-state index in [9.17, 15) is 14.3 Å². The van der Waals surface area contributed by atoms with Crippen molar-refractivity contribution in [2.75, 3.05) is 0 Å². The SMILES string of the molecule is Cc1cc(-c2noc(-c3cccc(C)c3F)n2)c(C)c(C(=O)O)c1C. The van der Waals surface area contributed by atoms with Crippen molar-refractivity contribution in [2.45, 2.75) is 27.7 Å². The molecular formula is C19H17FN2O3. The molecule has 3 aromatic rings. The lowest BCUT2D eigenvalue weighted by Gasteiger charge is -2.12. The van der Waals surface area contributed by atoms with Gasteiger partial charge in [-0.25, -0.2) is 9.18 Å². The second-order valence-electron chi connectivity index (χ2n) is 6.03. The van der Waals surface area contributed by atoms with Crippen molar-refractivity contribution in [3.8, 4) is 22.8 Å². The van der Waals surface area contributed by atoms with Gasteiger partial charge in [0.15, 0.2) is 0 Å². The van der Waals surface area contributed by atoms with Crippen LogP contribution in [0.1, 0.15) is 32.6 Å². The molecule has 128 valence electrons. The number of carbonyl (C=O) groups is 1. The predicted molar refractivity (Wildman–Crippen MR) is 91.0 cm³/mol. The molecule has 0 saturated carbocycles. The predicted octanol–water partition coefficient (Wildman–Crippen LogP) is 4.47. The minimum absolute atomic E-state index is 0.0608. The van der Waals surface area contributed by atoms with E-state index in [1.165, 1.54) is 0 Å². The fourth-order valence-electron chi connectivity index (χ4n) is 2.85. The third kappa shape index (κ3) is 2.80. The number of carboxylic acid groups (broad SMARTS) is 1. The molecule has 3 rings (SSSR count). The summed E-state index contributed by atoms with van der Waals surface area (Å²) in [5.41, 5.74) is 3.54. The van der Waals surface area contributed by atoms with Crippen LogP contribution in [0.15, 0.2) is 28.8 Å². The molecule has 0 radical (unpaired) electrons. The van der Waals surface area contributed by atoms with Gasteiger partial charge in [-0.05, 0) is 62.1 Å². The van der Waals surface area contributed by atoms with Crippen LogP contribution < -0.4 is 0 Å². The van der Waals surface area contributed by atoms with Crippen molar-refractivity contribution in [2.24, 2.45) is 0 Å². The number of hydrogen-bond acceptors (Lipinski definition) is 4. The van der Waals surface area contributed by atoms with Crippen molar-refractivity contribution < 1.29 is 18.8 Å². The first-order valence-corrected chi connectivity index (χ1v) is 7.75. The molecule has 6 heteroatoms. The highest BCUT2D eigenvalue weighted by Gasteiger charge is 2.21. The molecule has 25 heavy (non-hydrogen) atoms. The molecule has 1 aromatic heterocycles. The van der Waals surface area contributed by atoms with E-state index in [4.69, 9.17) is 4.52 Å². The smallest absolute Gasteiger partial charge is 0.336 e. The summed E-state index contributed by atoms with van der Waals surface area (Å²) < 4.78 is 19.5. The van der Waals surface area contributed by atoms with Crippen molar-refractivity contribution >= 4 is 5.97 Å². The van der Waals surface area contributed by atoms with Crippen LogP contribution in [0.25, 0.3) is 22.8 Å². The van der Waals surface area contributed by atoms with E-state index in [1.807, 2.05) is 13.0 Å². The number of nitrogens with zero attached hydrogens (tertiary/aromatic N) is 2. The largest absolute Gasteiger partial charge is 0.478 e. The van der Waals surface area contributed by atoms with Gasteiger partial charge in [0.2, 0.25) is 5.82 Å². The fraction of sp³-hybridized carbons (Fsp3) is 0.211. The minimum Gasteiger partial charge on any atom is -0.478 e. The summed E-state index contributed by atoms with van der Waals surface area (Å²) in [4.78, 5) is 15.8. The van der Waals surface area contributed by atoms with Crippen LogP contribution >= 0.6 is 0 Å². The van der Waals surface area contributed by atoms with E-state index in [-0.39, 0.29) is 22.8 Å². The third-order valence-corrected chi connectivity index (χ3v) is 4.41. The summed E-state index contributed by atoms with van der Waals surface area (Å²) in [6.45, 7) is 6.95. The molecule has 0 bridgehead atoms. The molecule has 1 heterocycles. The Bertz CT molecular complexity index is 993. The van der Waals surface area contributed by atoms with E-state index < -0.39 is 11.8 Å². The second kappa shape index (κ2) is 6.12. The highest BCUT2D eigenvalue weighted by atomic mass is 19.1. The lowest BCUT2D eigenvalue weighted by molar-refractivity contribution is 0.0695. The summed E-state index contributed by atoms with van der Waals surface area (Å²) in [7, 11) is 0. The molecule has 0 aliphatic rings. The second-order valence-corrected chi connectivity index (χ2v) is 6.03. The van der Waals surface area contributed by atoms with E-state index in [1.54, 1.807) is 39.0 Å². The van der Waals surface area contributed by atoms with Gasteiger partial charge in [-0.1, -0.05) is 17.3 Å². The van der Waals surface area contributed by atoms with Gasteiger partial charge >= 0.3 is 5.97 Å². The maximum absolute atomic E-state index is 14.3. The summed E-state index contributed by atoms with van der Waals surface area (Å²) >= 11 is 0. The van der Waals surface area contributed by atoms with Gasteiger partial charge in [0.1, 0.15) is 5.82 Å². The summed E-state index contributed by atoms with van der Waals surface area (Å²) in [5, 5.41) is 13.4. The molecule has 0 aliphatic carbocycles. The van der Waals surface area contributed by atoms with Crippen LogP contribution in [-0.4, -0.2) is 21.2 Å². The van der Waals surface area contributed by atoms with Crippen molar-refractivity contribution in [1.29, 1.82) is 0 Å². The number of rotatable bonds is 3. The van der Waals surface area contributed by atoms with Crippen LogP contribution in [0.2, 0.25) is 0 Å². The summed E-state index contributed by atoms with van der Waals surface area (Å²) in [6.07, 6.45) is 0. The van der Waals surface area contributed by atoms with Crippen molar-refractivity contribution in [3.63, 3.8) is 0 Å². The van der Waals surface area contributed by atoms with Gasteiger partial charge in [-0.15, -0.1) is 0 Å². The zero-order chi connectivity index (χ0) is 18.3. The molecule has 0 spiro atoms. The quantitative estimate of drug-likeness (QED) is 0.761. The minimum atomic E-state index is -1.01. The number of aryl methyl sites for hydroxylation is 2. The topological polar surface area (TPSA) is 76.2 Å². The number of halogens is 1. The number of carboxylic acids is 1. The van der Waals surface area contributed by atoms with Crippen molar-refractivity contribution in [3.05, 3.63) is 57.9 Å². The Balaban J connectivity index is 2.15. The first-order valence-electron chi connectivity index (χ1n) is 7.75. The molecule has 0 aliphatic heterocycles. The Hall–Kier alpha value is -3.02. The van der Waals surface area contributed by atoms with Gasteiger partial charge in [-0.2, -0.15) is 4.98 Å². The van der Waals surface area contributed by atoms with E-state index >= 15 is 0 Å². The molecule has 5 nitrogen and oxygen atoms in total. The number of aromatic carboxylic acids is 1. The van der Waals surface area contributed by atoms with Crippen LogP contribution in [0.4, 0.5) is 4.39 Å². The third-order valence-electron chi connectivity index (χ3n) is 4.41. The Labute approximate surface area is 144 Å². The van der Waals surface area contributed by atoms with Crippen LogP contribution in [0, 0.1) is 33.5 Å². The van der Waals surface area contributed by atoms with Crippen LogP contribution in [0.5, 0.6) is 0 Å². The molecule has 0 amide bonds. The Kier molecular flexibility index (Phi) is 4.12. The molecule has 1 N–H and O–H groups in total. The van der Waals surface area contributed by atoms with Crippen LogP contribution in [-0.2, 0) is 0 Å². The number of hydrogen-bond donors (Lipinski definition) is 1. The Morgan fingerprint density at radius 3 is 2.48 bits per heavy atom. The summed E-state index contributed by atoms with van der Waals surface area (Å²) in [5.74, 6) is -1.13. The van der Waals surface area contributed by atoms with Gasteiger partial charge in [0, 0.05) is 5.56 Å². The highest BCUT2D eigenvalue weighted by Crippen LogP contribution is 2.31. The number of benzene rings is 2. The lowest BCUT2D eigenvalue weighted by Crippen LogP contribution is -2.06. The highest BCUT2D eigenvalue weighted by molar-refractivity contribution is 5.93. The molecule has 2 aromatic carbocycles. The lowest BCUT2D eigenvalue weighted by atomic mass is 9.93. The first kappa shape index (κ1) is 16.8. The Morgan fingerprint density at radius 2 is 1.80 bits per heavy atom. The normalized spacial score (nSPS) is 10.9. The molecular weight excluding hydrogens is 323 g/mol. The van der Waals surface area contributed by atoms with Crippen LogP contribution in [0.3, 0.4) is 0 Å². The molecule has 0 saturated heterocycles. The van der Waals surface area contributed by atoms with E-state index in [2.05, 4.69) is 10.1 Å². The standard InChI is InChI=1S/C19H17FN2O3/c1-9-6-5-7-13(16(9)20)18-21-17(22-25-18)14-8-10(2)11(3)15(12(14)4)19(23)24/h5-8H,1-4H3,(H,23,24). The summed E-state index contributed by atoms with van der Waals surface area (Å²) in [6, 6.07) is 6.75. The average Bonchev–Trinajstić information content (AvgIpc) is 3.03. The maximum atomic E-state index is 14.3. The first-order chi connectivity index (χ1) is 11.8. The van der Waals surface area contributed by atoms with Gasteiger partial charge in [0.05, 0.1) is 11.1 Å². The van der Waals surface area contributed by atoms with Gasteiger partial charge in [0.25, 0.3) is 5.89 Å².